The molecule has 8 heteroatoms. The first-order valence-electron chi connectivity index (χ1n) is 11.2. The van der Waals surface area contributed by atoms with E-state index >= 15 is 0 Å². The monoisotopic (exact) mass is 417 g/mol. The first-order valence-corrected chi connectivity index (χ1v) is 11.2. The second-order valence-electron chi connectivity index (χ2n) is 8.77. The van der Waals surface area contributed by atoms with Crippen molar-refractivity contribution >= 4 is 11.8 Å². The standard InChI is InChI=1S/C22H39N7O/c1-18(2)16-28-11-12-30-20(17-28)15-26-22(23-3)25-14-19-5-6-21(24-13-19)29-9-7-27(4)8-10-29/h5-6,13,18,20H,7-12,14-17H2,1-4H3,(H2,23,25,26). The molecule has 3 heterocycles. The van der Waals surface area contributed by atoms with E-state index in [4.69, 9.17) is 4.74 Å². The van der Waals surface area contributed by atoms with Crippen molar-refractivity contribution in [1.29, 1.82) is 0 Å². The number of morpholine rings is 1. The van der Waals surface area contributed by atoms with Crippen molar-refractivity contribution in [2.75, 3.05) is 78.0 Å². The highest BCUT2D eigenvalue weighted by Crippen LogP contribution is 2.13. The Labute approximate surface area is 181 Å². The molecule has 8 nitrogen and oxygen atoms in total. The zero-order valence-corrected chi connectivity index (χ0v) is 19.1. The van der Waals surface area contributed by atoms with Gasteiger partial charge in [0, 0.05) is 72.1 Å². The molecule has 1 atom stereocenters. The molecule has 0 spiro atoms. The quantitative estimate of drug-likeness (QED) is 0.504. The number of hydrogen-bond acceptors (Lipinski definition) is 6. The summed E-state index contributed by atoms with van der Waals surface area (Å²) in [5.74, 6) is 2.54. The Morgan fingerprint density at radius 3 is 2.67 bits per heavy atom. The zero-order valence-electron chi connectivity index (χ0n) is 19.1. The second kappa shape index (κ2) is 11.5. The van der Waals surface area contributed by atoms with E-state index in [0.717, 1.165) is 76.3 Å². The van der Waals surface area contributed by atoms with Gasteiger partial charge in [0.05, 0.1) is 12.7 Å². The van der Waals surface area contributed by atoms with E-state index in [2.05, 4.69) is 68.3 Å². The summed E-state index contributed by atoms with van der Waals surface area (Å²) in [7, 11) is 3.97. The van der Waals surface area contributed by atoms with E-state index in [0.29, 0.717) is 12.5 Å². The van der Waals surface area contributed by atoms with Crippen LogP contribution in [0.3, 0.4) is 0 Å². The molecule has 1 aromatic rings. The third-order valence-electron chi connectivity index (χ3n) is 5.66. The first-order chi connectivity index (χ1) is 14.5. The van der Waals surface area contributed by atoms with Crippen molar-refractivity contribution in [2.45, 2.75) is 26.5 Å². The van der Waals surface area contributed by atoms with Crippen molar-refractivity contribution < 1.29 is 4.74 Å². The summed E-state index contributed by atoms with van der Waals surface area (Å²) < 4.78 is 5.92. The number of nitrogens with zero attached hydrogens (tertiary/aromatic N) is 5. The number of hydrogen-bond donors (Lipinski definition) is 2. The summed E-state index contributed by atoms with van der Waals surface area (Å²) in [4.78, 5) is 16.2. The van der Waals surface area contributed by atoms with Gasteiger partial charge in [-0.15, -0.1) is 0 Å². The van der Waals surface area contributed by atoms with E-state index in [1.54, 1.807) is 7.05 Å². The Morgan fingerprint density at radius 1 is 1.20 bits per heavy atom. The molecule has 0 aromatic carbocycles. The predicted octanol–water partition coefficient (Wildman–Crippen LogP) is 0.855. The number of aromatic nitrogens is 1. The van der Waals surface area contributed by atoms with Crippen LogP contribution in [-0.4, -0.2) is 99.9 Å². The second-order valence-corrected chi connectivity index (χ2v) is 8.77. The molecule has 2 N–H and O–H groups in total. The summed E-state index contributed by atoms with van der Waals surface area (Å²) in [6, 6.07) is 4.27. The molecule has 2 saturated heterocycles. The van der Waals surface area contributed by atoms with Crippen LogP contribution in [0.2, 0.25) is 0 Å². The van der Waals surface area contributed by atoms with Gasteiger partial charge in [0.15, 0.2) is 5.96 Å². The smallest absolute Gasteiger partial charge is 0.191 e. The van der Waals surface area contributed by atoms with Gasteiger partial charge in [-0.3, -0.25) is 9.89 Å². The van der Waals surface area contributed by atoms with E-state index in [1.807, 2.05) is 6.20 Å². The molecule has 0 aliphatic carbocycles. The fourth-order valence-corrected chi connectivity index (χ4v) is 3.95. The van der Waals surface area contributed by atoms with Gasteiger partial charge in [0.2, 0.25) is 0 Å². The lowest BCUT2D eigenvalue weighted by molar-refractivity contribution is -0.0284. The topological polar surface area (TPSA) is 68.3 Å². The van der Waals surface area contributed by atoms with Crippen LogP contribution in [0.1, 0.15) is 19.4 Å². The van der Waals surface area contributed by atoms with Crippen LogP contribution in [0.4, 0.5) is 5.82 Å². The lowest BCUT2D eigenvalue weighted by Crippen LogP contribution is -2.50. The average molecular weight is 418 g/mol. The molecule has 0 bridgehead atoms. The highest BCUT2D eigenvalue weighted by atomic mass is 16.5. The number of aliphatic imine (C=N–C) groups is 1. The van der Waals surface area contributed by atoms with Crippen molar-refractivity contribution in [2.24, 2.45) is 10.9 Å². The van der Waals surface area contributed by atoms with Crippen molar-refractivity contribution in [3.8, 4) is 0 Å². The zero-order chi connectivity index (χ0) is 21.3. The van der Waals surface area contributed by atoms with E-state index < -0.39 is 0 Å². The number of nitrogens with one attached hydrogen (secondary N) is 2. The summed E-state index contributed by atoms with van der Waals surface area (Å²) in [5.41, 5.74) is 1.15. The van der Waals surface area contributed by atoms with Crippen LogP contribution in [-0.2, 0) is 11.3 Å². The van der Waals surface area contributed by atoms with Gasteiger partial charge in [0.1, 0.15) is 5.82 Å². The summed E-state index contributed by atoms with van der Waals surface area (Å²) in [5, 5.41) is 6.79. The number of piperazine rings is 1. The highest BCUT2D eigenvalue weighted by Gasteiger charge is 2.21. The van der Waals surface area contributed by atoms with Gasteiger partial charge in [-0.05, 0) is 24.6 Å². The van der Waals surface area contributed by atoms with E-state index in [9.17, 15) is 0 Å². The normalized spacial score (nSPS) is 21.8. The van der Waals surface area contributed by atoms with E-state index in [1.165, 1.54) is 0 Å². The van der Waals surface area contributed by atoms with Gasteiger partial charge < -0.3 is 25.2 Å². The Hall–Kier alpha value is -1.90. The minimum Gasteiger partial charge on any atom is -0.374 e. The molecule has 168 valence electrons. The molecule has 0 saturated carbocycles. The molecule has 1 aromatic heterocycles. The fraction of sp³-hybridized carbons (Fsp3) is 0.727. The van der Waals surface area contributed by atoms with Crippen molar-refractivity contribution in [1.82, 2.24) is 25.4 Å². The largest absolute Gasteiger partial charge is 0.374 e. The number of guanidine groups is 1. The van der Waals surface area contributed by atoms with Crippen LogP contribution in [0.25, 0.3) is 0 Å². The Morgan fingerprint density at radius 2 is 2.00 bits per heavy atom. The average Bonchev–Trinajstić information content (AvgIpc) is 2.75. The summed E-state index contributed by atoms with van der Waals surface area (Å²) in [6.07, 6.45) is 2.16. The Balaban J connectivity index is 1.41. The molecule has 2 aliphatic rings. The van der Waals surface area contributed by atoms with Gasteiger partial charge in [0.25, 0.3) is 0 Å². The van der Waals surface area contributed by atoms with Crippen LogP contribution in [0.5, 0.6) is 0 Å². The molecular formula is C22H39N7O. The maximum atomic E-state index is 5.92. The highest BCUT2D eigenvalue weighted by molar-refractivity contribution is 5.79. The Kier molecular flexibility index (Phi) is 8.72. The minimum absolute atomic E-state index is 0.195. The van der Waals surface area contributed by atoms with Gasteiger partial charge in [-0.2, -0.15) is 0 Å². The molecule has 0 radical (unpaired) electrons. The molecule has 2 aliphatic heterocycles. The first kappa shape index (κ1) is 22.8. The van der Waals surface area contributed by atoms with Crippen LogP contribution >= 0.6 is 0 Å². The maximum Gasteiger partial charge on any atom is 0.191 e. The van der Waals surface area contributed by atoms with Gasteiger partial charge >= 0.3 is 0 Å². The van der Waals surface area contributed by atoms with Crippen LogP contribution < -0.4 is 15.5 Å². The van der Waals surface area contributed by atoms with Crippen molar-refractivity contribution in [3.63, 3.8) is 0 Å². The van der Waals surface area contributed by atoms with Crippen LogP contribution in [0.15, 0.2) is 23.3 Å². The lowest BCUT2D eigenvalue weighted by atomic mass is 10.2. The van der Waals surface area contributed by atoms with Gasteiger partial charge in [-0.25, -0.2) is 4.98 Å². The lowest BCUT2D eigenvalue weighted by Gasteiger charge is -2.34. The Bertz CT molecular complexity index is 656. The number of rotatable bonds is 7. The SMILES string of the molecule is CN=C(NCc1ccc(N2CCN(C)CC2)nc1)NCC1CN(CC(C)C)CCO1. The number of pyridine rings is 1. The minimum atomic E-state index is 0.195. The third kappa shape index (κ3) is 7.11. The molecule has 30 heavy (non-hydrogen) atoms. The van der Waals surface area contributed by atoms with E-state index in [-0.39, 0.29) is 6.10 Å². The van der Waals surface area contributed by atoms with Crippen LogP contribution in [0, 0.1) is 5.92 Å². The number of likely N-dealkylation sites (N-methyl/N-ethyl adjacent to an activating group) is 1. The predicted molar refractivity (Wildman–Crippen MR) is 123 cm³/mol. The summed E-state index contributed by atoms with van der Waals surface area (Å²) in [6.45, 7) is 14.2. The molecule has 3 rings (SSSR count). The third-order valence-corrected chi connectivity index (χ3v) is 5.66. The maximum absolute atomic E-state index is 5.92. The molecule has 1 unspecified atom stereocenters. The summed E-state index contributed by atoms with van der Waals surface area (Å²) >= 11 is 0. The van der Waals surface area contributed by atoms with Crippen molar-refractivity contribution in [3.05, 3.63) is 23.9 Å². The number of ether oxygens (including phenoxy) is 1. The molecule has 2 fully saturated rings. The molecular weight excluding hydrogens is 378 g/mol. The number of anilines is 1. The molecule has 0 amide bonds. The fourth-order valence-electron chi connectivity index (χ4n) is 3.95. The van der Waals surface area contributed by atoms with Gasteiger partial charge in [-0.1, -0.05) is 19.9 Å².